The van der Waals surface area contributed by atoms with E-state index in [0.29, 0.717) is 38.3 Å². The molecule has 0 atom stereocenters. The number of carbonyl (C=O) groups excluding carboxylic acids is 1. The molecule has 12 heteroatoms. The van der Waals surface area contributed by atoms with Crippen molar-refractivity contribution in [2.75, 3.05) is 26.2 Å². The van der Waals surface area contributed by atoms with Crippen molar-refractivity contribution in [1.82, 2.24) is 39.2 Å². The van der Waals surface area contributed by atoms with Gasteiger partial charge >= 0.3 is 0 Å². The van der Waals surface area contributed by atoms with Gasteiger partial charge in [0.25, 0.3) is 5.91 Å². The molecular weight excluding hydrogens is 420 g/mol. The summed E-state index contributed by atoms with van der Waals surface area (Å²) in [4.78, 5) is 16.1. The first kappa shape index (κ1) is 21.1. The zero-order valence-corrected chi connectivity index (χ0v) is 18.2. The van der Waals surface area contributed by atoms with Crippen LogP contribution in [0.4, 0.5) is 0 Å². The van der Waals surface area contributed by atoms with Crippen molar-refractivity contribution in [1.29, 1.82) is 0 Å². The molecule has 3 heterocycles. The minimum atomic E-state index is -3.54. The highest BCUT2D eigenvalue weighted by Gasteiger charge is 2.33. The standard InChI is InChI=1S/C19H24N8O3S/c1-3-25(4-2)31(29,30)18-7-5-15(6-8-18)19(28)24-13-17(14-24)26-11-16(22-23-26)12-27-20-9-10-21-27/h5-11,17H,3-4,12-14H2,1-2H3. The minimum absolute atomic E-state index is 0.0538. The predicted molar refractivity (Wildman–Crippen MR) is 111 cm³/mol. The minimum Gasteiger partial charge on any atom is -0.334 e. The van der Waals surface area contributed by atoms with Gasteiger partial charge in [-0.1, -0.05) is 19.1 Å². The average Bonchev–Trinajstić information content (AvgIpc) is 3.40. The molecule has 11 nitrogen and oxygen atoms in total. The molecule has 1 aliphatic heterocycles. The smallest absolute Gasteiger partial charge is 0.254 e. The molecular formula is C19H24N8O3S. The van der Waals surface area contributed by atoms with Crippen LogP contribution in [-0.2, 0) is 16.6 Å². The van der Waals surface area contributed by atoms with Gasteiger partial charge in [-0.25, -0.2) is 13.1 Å². The van der Waals surface area contributed by atoms with Gasteiger partial charge in [-0.15, -0.1) is 5.10 Å². The highest BCUT2D eigenvalue weighted by atomic mass is 32.2. The molecule has 1 aliphatic rings. The molecule has 0 bridgehead atoms. The van der Waals surface area contributed by atoms with E-state index in [4.69, 9.17) is 0 Å². The van der Waals surface area contributed by atoms with E-state index in [2.05, 4.69) is 20.5 Å². The van der Waals surface area contributed by atoms with Gasteiger partial charge in [-0.05, 0) is 24.3 Å². The van der Waals surface area contributed by atoms with Gasteiger partial charge in [0.15, 0.2) is 0 Å². The van der Waals surface area contributed by atoms with E-state index in [9.17, 15) is 13.2 Å². The SMILES string of the molecule is CCN(CC)S(=O)(=O)c1ccc(C(=O)N2CC(n3cc(Cn4nccn4)nn3)C2)cc1. The molecule has 164 valence electrons. The zero-order valence-electron chi connectivity index (χ0n) is 17.4. The number of amides is 1. The van der Waals surface area contributed by atoms with E-state index < -0.39 is 10.0 Å². The van der Waals surface area contributed by atoms with Crippen molar-refractivity contribution in [3.05, 3.63) is 54.1 Å². The Balaban J connectivity index is 1.36. The second-order valence-corrected chi connectivity index (χ2v) is 9.16. The second kappa shape index (κ2) is 8.55. The number of sulfonamides is 1. The maximum atomic E-state index is 12.7. The highest BCUT2D eigenvalue weighted by molar-refractivity contribution is 7.89. The van der Waals surface area contributed by atoms with Crippen molar-refractivity contribution in [2.24, 2.45) is 0 Å². The van der Waals surface area contributed by atoms with Gasteiger partial charge in [0.2, 0.25) is 10.0 Å². The highest BCUT2D eigenvalue weighted by Crippen LogP contribution is 2.24. The Morgan fingerprint density at radius 2 is 1.74 bits per heavy atom. The third-order valence-corrected chi connectivity index (χ3v) is 7.36. The molecule has 0 radical (unpaired) electrons. The summed E-state index contributed by atoms with van der Waals surface area (Å²) in [5.41, 5.74) is 1.20. The molecule has 1 saturated heterocycles. The van der Waals surface area contributed by atoms with Gasteiger partial charge in [-0.2, -0.15) is 19.3 Å². The van der Waals surface area contributed by atoms with Crippen LogP contribution < -0.4 is 0 Å². The summed E-state index contributed by atoms with van der Waals surface area (Å²) in [5, 5.41) is 16.4. The van der Waals surface area contributed by atoms with E-state index in [1.807, 2.05) is 6.20 Å². The van der Waals surface area contributed by atoms with E-state index in [1.54, 1.807) is 48.0 Å². The molecule has 0 spiro atoms. The largest absolute Gasteiger partial charge is 0.334 e. The number of aromatic nitrogens is 6. The van der Waals surface area contributed by atoms with Crippen molar-refractivity contribution in [3.63, 3.8) is 0 Å². The fourth-order valence-electron chi connectivity index (χ4n) is 3.49. The lowest BCUT2D eigenvalue weighted by atomic mass is 10.1. The molecule has 1 fully saturated rings. The number of hydrogen-bond acceptors (Lipinski definition) is 7. The fourth-order valence-corrected chi connectivity index (χ4v) is 4.95. The molecule has 4 rings (SSSR count). The summed E-state index contributed by atoms with van der Waals surface area (Å²) < 4.78 is 28.3. The Morgan fingerprint density at radius 3 is 2.35 bits per heavy atom. The lowest BCUT2D eigenvalue weighted by molar-refractivity contribution is 0.0498. The number of hydrogen-bond donors (Lipinski definition) is 0. The van der Waals surface area contributed by atoms with E-state index >= 15 is 0 Å². The first-order chi connectivity index (χ1) is 14.9. The van der Waals surface area contributed by atoms with Crippen LogP contribution in [0.3, 0.4) is 0 Å². The van der Waals surface area contributed by atoms with Gasteiger partial charge in [0.05, 0.1) is 29.5 Å². The Morgan fingerprint density at radius 1 is 1.10 bits per heavy atom. The Bertz CT molecular complexity index is 1130. The van der Waals surface area contributed by atoms with Crippen molar-refractivity contribution < 1.29 is 13.2 Å². The average molecular weight is 445 g/mol. The number of nitrogens with zero attached hydrogens (tertiary/aromatic N) is 8. The van der Waals surface area contributed by atoms with E-state index in [1.165, 1.54) is 21.2 Å². The van der Waals surface area contributed by atoms with Crippen LogP contribution in [0.2, 0.25) is 0 Å². The number of carbonyl (C=O) groups is 1. The van der Waals surface area contributed by atoms with Crippen LogP contribution >= 0.6 is 0 Å². The molecule has 31 heavy (non-hydrogen) atoms. The maximum absolute atomic E-state index is 12.7. The Kier molecular flexibility index (Phi) is 5.83. The fraction of sp³-hybridized carbons (Fsp3) is 0.421. The number of likely N-dealkylation sites (tertiary alicyclic amines) is 1. The lowest BCUT2D eigenvalue weighted by Crippen LogP contribution is -2.50. The normalized spacial score (nSPS) is 14.7. The Labute approximate surface area is 180 Å². The van der Waals surface area contributed by atoms with Crippen molar-refractivity contribution in [2.45, 2.75) is 31.3 Å². The molecule has 0 saturated carbocycles. The monoisotopic (exact) mass is 444 g/mol. The summed E-state index contributed by atoms with van der Waals surface area (Å²) >= 11 is 0. The summed E-state index contributed by atoms with van der Waals surface area (Å²) in [6.07, 6.45) is 5.04. The molecule has 2 aromatic heterocycles. The van der Waals surface area contributed by atoms with Crippen molar-refractivity contribution in [3.8, 4) is 0 Å². The molecule has 1 aromatic carbocycles. The first-order valence-electron chi connectivity index (χ1n) is 10.1. The van der Waals surface area contributed by atoms with Gasteiger partial charge in [-0.3, -0.25) is 4.79 Å². The summed E-state index contributed by atoms with van der Waals surface area (Å²) in [5.74, 6) is -0.135. The summed E-state index contributed by atoms with van der Waals surface area (Å²) in [6, 6.07) is 6.17. The second-order valence-electron chi connectivity index (χ2n) is 7.23. The summed E-state index contributed by atoms with van der Waals surface area (Å²) in [7, 11) is -3.54. The molecule has 0 aliphatic carbocycles. The first-order valence-corrected chi connectivity index (χ1v) is 11.5. The number of benzene rings is 1. The van der Waals surface area contributed by atoms with Crippen LogP contribution in [0, 0.1) is 0 Å². The quantitative estimate of drug-likeness (QED) is 0.500. The lowest BCUT2D eigenvalue weighted by Gasteiger charge is -2.38. The zero-order chi connectivity index (χ0) is 22.0. The van der Waals surface area contributed by atoms with Crippen LogP contribution in [0.15, 0.2) is 47.8 Å². The maximum Gasteiger partial charge on any atom is 0.254 e. The summed E-state index contributed by atoms with van der Waals surface area (Å²) in [6.45, 7) is 5.86. The third-order valence-electron chi connectivity index (χ3n) is 5.30. The molecule has 0 unspecified atom stereocenters. The van der Waals surface area contributed by atoms with Gasteiger partial charge < -0.3 is 4.90 Å². The van der Waals surface area contributed by atoms with Crippen LogP contribution in [0.25, 0.3) is 0 Å². The van der Waals surface area contributed by atoms with E-state index in [0.717, 1.165) is 5.69 Å². The molecule has 1 amide bonds. The van der Waals surface area contributed by atoms with Crippen LogP contribution in [0.5, 0.6) is 0 Å². The van der Waals surface area contributed by atoms with Crippen LogP contribution in [0.1, 0.15) is 35.9 Å². The molecule has 0 N–H and O–H groups in total. The Hall–Kier alpha value is -3.12. The van der Waals surface area contributed by atoms with Crippen LogP contribution in [-0.4, -0.2) is 79.7 Å². The predicted octanol–water partition coefficient (Wildman–Crippen LogP) is 0.645. The molecule has 3 aromatic rings. The van der Waals surface area contributed by atoms with E-state index in [-0.39, 0.29) is 16.8 Å². The topological polar surface area (TPSA) is 119 Å². The number of rotatable bonds is 8. The van der Waals surface area contributed by atoms with Gasteiger partial charge in [0, 0.05) is 31.7 Å². The van der Waals surface area contributed by atoms with Gasteiger partial charge in [0.1, 0.15) is 12.2 Å². The van der Waals surface area contributed by atoms with Crippen molar-refractivity contribution >= 4 is 15.9 Å². The third kappa shape index (κ3) is 4.21.